The van der Waals surface area contributed by atoms with Crippen molar-refractivity contribution in [3.8, 4) is 0 Å². The highest BCUT2D eigenvalue weighted by Gasteiger charge is 2.43. The minimum absolute atomic E-state index is 0.253. The maximum atomic E-state index is 13.6. The number of H-pyrrole nitrogens is 1. The van der Waals surface area contributed by atoms with E-state index in [-0.39, 0.29) is 5.78 Å². The molecule has 0 saturated carbocycles. The lowest BCUT2D eigenvalue weighted by Crippen LogP contribution is -2.31. The van der Waals surface area contributed by atoms with Crippen molar-refractivity contribution < 1.29 is 4.79 Å². The maximum Gasteiger partial charge on any atom is 0.181 e. The van der Waals surface area contributed by atoms with Crippen LogP contribution in [0.1, 0.15) is 47.6 Å². The lowest BCUT2D eigenvalue weighted by molar-refractivity contribution is 0.0952. The van der Waals surface area contributed by atoms with Crippen LogP contribution in [0.25, 0.3) is 10.9 Å². The number of carbonyl (C=O) groups is 1. The number of Topliss-reactive ketones (excluding diaryl/α,β-unsaturated/α-hetero) is 1. The van der Waals surface area contributed by atoms with E-state index in [4.69, 9.17) is 0 Å². The molecule has 0 radical (unpaired) electrons. The number of aromatic amines is 1. The second-order valence-corrected chi connectivity index (χ2v) is 8.79. The Balaban J connectivity index is 1.81. The number of hydrogen-bond donors (Lipinski definition) is 1. The number of aryl methyl sites for hydroxylation is 2. The van der Waals surface area contributed by atoms with Gasteiger partial charge in [-0.2, -0.15) is 0 Å². The van der Waals surface area contributed by atoms with Crippen molar-refractivity contribution in [2.24, 2.45) is 0 Å². The molecule has 0 amide bonds. The molecule has 1 N–H and O–H groups in total. The van der Waals surface area contributed by atoms with Crippen LogP contribution in [0.4, 0.5) is 0 Å². The summed E-state index contributed by atoms with van der Waals surface area (Å²) in [4.78, 5) is 17.0. The number of thioether (sulfide) groups is 1. The number of rotatable bonds is 4. The summed E-state index contributed by atoms with van der Waals surface area (Å²) in [5.41, 5.74) is 5.62. The van der Waals surface area contributed by atoms with Crippen LogP contribution in [0.5, 0.6) is 0 Å². The van der Waals surface area contributed by atoms with Gasteiger partial charge in [-0.3, -0.25) is 4.79 Å². The van der Waals surface area contributed by atoms with E-state index in [1.54, 1.807) is 11.8 Å². The number of hydrogen-bond acceptors (Lipinski definition) is 2. The summed E-state index contributed by atoms with van der Waals surface area (Å²) in [6.45, 7) is 9.38. The van der Waals surface area contributed by atoms with Gasteiger partial charge in [-0.15, -0.1) is 0 Å². The van der Waals surface area contributed by atoms with E-state index in [0.29, 0.717) is 0 Å². The number of aromatic nitrogens is 2. The maximum absolute atomic E-state index is 13.6. The first-order valence-corrected chi connectivity index (χ1v) is 9.76. The van der Waals surface area contributed by atoms with E-state index in [0.717, 1.165) is 41.1 Å². The lowest BCUT2D eigenvalue weighted by Gasteiger charge is -2.21. The number of benzene rings is 1. The summed E-state index contributed by atoms with van der Waals surface area (Å²) in [6.07, 6.45) is 1.85. The monoisotopic (exact) mass is 352 g/mol. The molecular formula is C21H24N2OS. The Morgan fingerprint density at radius 2 is 2.08 bits per heavy atom. The molecule has 1 unspecified atom stereocenters. The third kappa shape index (κ3) is 2.46. The summed E-state index contributed by atoms with van der Waals surface area (Å²) in [5, 5.41) is 2.25. The number of nitrogens with zero attached hydrogens (tertiary/aromatic N) is 1. The van der Waals surface area contributed by atoms with Crippen molar-refractivity contribution in [2.75, 3.05) is 0 Å². The van der Waals surface area contributed by atoms with Crippen LogP contribution in [0.3, 0.4) is 0 Å². The SMILES string of the molecule is CCCn1c(C)c(C(=O)C2(C)Cc3cc(C)[nH]c3S2)c2ccccc21. The number of carbonyl (C=O) groups excluding carboxylic acids is 1. The molecule has 130 valence electrons. The molecule has 25 heavy (non-hydrogen) atoms. The van der Waals surface area contributed by atoms with Crippen LogP contribution in [0.2, 0.25) is 0 Å². The quantitative estimate of drug-likeness (QED) is 0.648. The second-order valence-electron chi connectivity index (χ2n) is 7.27. The van der Waals surface area contributed by atoms with E-state index in [9.17, 15) is 4.79 Å². The second kappa shape index (κ2) is 5.80. The first-order valence-electron chi connectivity index (χ1n) is 8.94. The molecule has 1 atom stereocenters. The molecule has 4 heteroatoms. The van der Waals surface area contributed by atoms with E-state index in [2.05, 4.69) is 61.5 Å². The highest BCUT2D eigenvalue weighted by Crippen LogP contribution is 2.47. The zero-order chi connectivity index (χ0) is 17.8. The normalized spacial score (nSPS) is 19.5. The molecule has 1 aromatic carbocycles. The fraction of sp³-hybridized carbons (Fsp3) is 0.381. The highest BCUT2D eigenvalue weighted by atomic mass is 32.2. The van der Waals surface area contributed by atoms with Crippen molar-refractivity contribution in [3.05, 3.63) is 52.8 Å². The average molecular weight is 353 g/mol. The molecule has 0 fully saturated rings. The minimum Gasteiger partial charge on any atom is -0.354 e. The molecule has 3 aromatic rings. The van der Waals surface area contributed by atoms with Crippen molar-refractivity contribution in [2.45, 2.75) is 56.9 Å². The van der Waals surface area contributed by atoms with Gasteiger partial charge in [0, 0.05) is 34.4 Å². The van der Waals surface area contributed by atoms with Crippen LogP contribution in [-0.2, 0) is 13.0 Å². The van der Waals surface area contributed by atoms with Crippen LogP contribution in [0, 0.1) is 13.8 Å². The molecule has 0 aliphatic carbocycles. The molecule has 4 rings (SSSR count). The third-order valence-corrected chi connectivity index (χ3v) is 6.58. The van der Waals surface area contributed by atoms with Gasteiger partial charge in [0.05, 0.1) is 9.77 Å². The molecule has 3 nitrogen and oxygen atoms in total. The topological polar surface area (TPSA) is 37.8 Å². The summed E-state index contributed by atoms with van der Waals surface area (Å²) in [5.74, 6) is 0.253. The Kier molecular flexibility index (Phi) is 3.84. The molecule has 1 aliphatic heterocycles. The van der Waals surface area contributed by atoms with Crippen molar-refractivity contribution in [1.29, 1.82) is 0 Å². The summed E-state index contributed by atoms with van der Waals surface area (Å²) in [7, 11) is 0. The Labute approximate surface area is 152 Å². The largest absolute Gasteiger partial charge is 0.354 e. The first kappa shape index (κ1) is 16.5. The number of ketones is 1. The van der Waals surface area contributed by atoms with E-state index in [1.165, 1.54) is 16.8 Å². The van der Waals surface area contributed by atoms with Gasteiger partial charge >= 0.3 is 0 Å². The fourth-order valence-corrected chi connectivity index (χ4v) is 5.44. The van der Waals surface area contributed by atoms with Gasteiger partial charge in [-0.05, 0) is 51.3 Å². The molecule has 0 bridgehead atoms. The molecule has 0 saturated heterocycles. The molecule has 2 aromatic heterocycles. The van der Waals surface area contributed by atoms with Gasteiger partial charge in [0.1, 0.15) is 0 Å². The average Bonchev–Trinajstić information content (AvgIpc) is 3.15. The van der Waals surface area contributed by atoms with E-state index < -0.39 is 4.75 Å². The Morgan fingerprint density at radius 3 is 2.80 bits per heavy atom. The van der Waals surface area contributed by atoms with Gasteiger partial charge in [0.25, 0.3) is 0 Å². The third-order valence-electron chi connectivity index (χ3n) is 5.23. The zero-order valence-electron chi connectivity index (χ0n) is 15.3. The Bertz CT molecular complexity index is 956. The smallest absolute Gasteiger partial charge is 0.181 e. The molecule has 0 spiro atoms. The summed E-state index contributed by atoms with van der Waals surface area (Å²) < 4.78 is 1.87. The molecular weight excluding hydrogens is 328 g/mol. The zero-order valence-corrected chi connectivity index (χ0v) is 16.1. The van der Waals surface area contributed by atoms with Crippen molar-refractivity contribution in [3.63, 3.8) is 0 Å². The number of nitrogens with one attached hydrogen (secondary N) is 1. The van der Waals surface area contributed by atoms with Crippen LogP contribution in [-0.4, -0.2) is 20.1 Å². The van der Waals surface area contributed by atoms with Gasteiger partial charge < -0.3 is 9.55 Å². The van der Waals surface area contributed by atoms with Crippen LogP contribution in [0.15, 0.2) is 35.4 Å². The minimum atomic E-state index is -0.430. The highest BCUT2D eigenvalue weighted by molar-refractivity contribution is 8.01. The Morgan fingerprint density at radius 1 is 1.32 bits per heavy atom. The number of fused-ring (bicyclic) bond motifs is 2. The summed E-state index contributed by atoms with van der Waals surface area (Å²) in [6, 6.07) is 10.5. The Hall–Kier alpha value is -1.94. The van der Waals surface area contributed by atoms with Crippen LogP contribution < -0.4 is 0 Å². The molecule has 3 heterocycles. The van der Waals surface area contributed by atoms with Gasteiger partial charge in [0.15, 0.2) is 5.78 Å². The van der Waals surface area contributed by atoms with E-state index in [1.807, 2.05) is 6.07 Å². The predicted molar refractivity (Wildman–Crippen MR) is 105 cm³/mol. The summed E-state index contributed by atoms with van der Waals surface area (Å²) >= 11 is 1.69. The standard InChI is InChI=1S/C21H24N2OS/c1-5-10-23-14(3)18(16-8-6-7-9-17(16)23)19(24)21(4)12-15-11-13(2)22-20(15)25-21/h6-9,11,22H,5,10,12H2,1-4H3. The van der Waals surface area contributed by atoms with Crippen molar-refractivity contribution >= 4 is 28.4 Å². The lowest BCUT2D eigenvalue weighted by atomic mass is 9.91. The molecule has 1 aliphatic rings. The van der Waals surface area contributed by atoms with Gasteiger partial charge in [-0.25, -0.2) is 0 Å². The fourth-order valence-electron chi connectivity index (χ4n) is 4.09. The van der Waals surface area contributed by atoms with Crippen molar-refractivity contribution in [1.82, 2.24) is 9.55 Å². The van der Waals surface area contributed by atoms with Crippen LogP contribution >= 0.6 is 11.8 Å². The van der Waals surface area contributed by atoms with Gasteiger partial charge in [-0.1, -0.05) is 36.9 Å². The van der Waals surface area contributed by atoms with Gasteiger partial charge in [0.2, 0.25) is 0 Å². The number of para-hydroxylation sites is 1. The van der Waals surface area contributed by atoms with E-state index >= 15 is 0 Å². The predicted octanol–water partition coefficient (Wildman–Crippen LogP) is 5.29. The first-order chi connectivity index (χ1) is 11.9.